The van der Waals surface area contributed by atoms with Crippen molar-refractivity contribution >= 4 is 23.6 Å². The van der Waals surface area contributed by atoms with E-state index < -0.39 is 0 Å². The Kier molecular flexibility index (Phi) is 6.30. The quantitative estimate of drug-likeness (QED) is 0.704. The molecule has 0 radical (unpaired) electrons. The Balaban J connectivity index is 1.19. The summed E-state index contributed by atoms with van der Waals surface area (Å²) >= 11 is 0. The number of fused-ring (bicyclic) bond motifs is 1. The Morgan fingerprint density at radius 2 is 1.53 bits per heavy atom. The number of nitrogens with zero attached hydrogens (tertiary/aromatic N) is 2. The maximum absolute atomic E-state index is 13.0. The third-order valence-corrected chi connectivity index (χ3v) is 5.90. The van der Waals surface area contributed by atoms with Gasteiger partial charge in [-0.3, -0.25) is 24.1 Å². The van der Waals surface area contributed by atoms with Gasteiger partial charge >= 0.3 is 0 Å². The van der Waals surface area contributed by atoms with Crippen molar-refractivity contribution in [3.8, 4) is 0 Å². The third-order valence-electron chi connectivity index (χ3n) is 5.90. The molecule has 2 aliphatic heterocycles. The Hall–Kier alpha value is -3.55. The fourth-order valence-electron chi connectivity index (χ4n) is 4.14. The summed E-state index contributed by atoms with van der Waals surface area (Å²) in [5, 5.41) is 2.98. The Bertz CT molecular complexity index is 1010. The monoisotopic (exact) mass is 437 g/mol. The molecule has 4 amide bonds. The Morgan fingerprint density at radius 3 is 2.12 bits per heavy atom. The first kappa shape index (κ1) is 21.7. The van der Waals surface area contributed by atoms with Gasteiger partial charge in [-0.1, -0.05) is 12.1 Å². The maximum Gasteiger partial charge on any atom is 0.261 e. The number of carbonyl (C=O) groups is 4. The lowest BCUT2D eigenvalue weighted by molar-refractivity contribution is -0.122. The second kappa shape index (κ2) is 9.30. The Labute approximate surface area is 185 Å². The highest BCUT2D eigenvalue weighted by Gasteiger charge is 2.34. The summed E-state index contributed by atoms with van der Waals surface area (Å²) in [4.78, 5) is 52.4. The van der Waals surface area contributed by atoms with Gasteiger partial charge in [-0.25, -0.2) is 4.39 Å². The number of halogens is 1. The van der Waals surface area contributed by atoms with E-state index in [1.807, 2.05) is 0 Å². The van der Waals surface area contributed by atoms with Crippen molar-refractivity contribution in [1.29, 1.82) is 0 Å². The van der Waals surface area contributed by atoms with Gasteiger partial charge in [0.2, 0.25) is 5.91 Å². The summed E-state index contributed by atoms with van der Waals surface area (Å²) in [5.41, 5.74) is 1.26. The van der Waals surface area contributed by atoms with Gasteiger partial charge in [0.05, 0.1) is 11.1 Å². The molecule has 0 aliphatic carbocycles. The maximum atomic E-state index is 13.0. The van der Waals surface area contributed by atoms with Crippen LogP contribution in [0, 0.1) is 5.82 Å². The molecule has 166 valence electrons. The topological polar surface area (TPSA) is 86.8 Å². The molecule has 2 aromatic carbocycles. The van der Waals surface area contributed by atoms with E-state index in [4.69, 9.17) is 0 Å². The number of likely N-dealkylation sites (tertiary alicyclic amines) is 1. The van der Waals surface area contributed by atoms with Crippen LogP contribution in [0.4, 0.5) is 4.39 Å². The summed E-state index contributed by atoms with van der Waals surface area (Å²) < 4.78 is 13.0. The van der Waals surface area contributed by atoms with Gasteiger partial charge in [-0.2, -0.15) is 0 Å². The van der Waals surface area contributed by atoms with E-state index in [1.165, 1.54) is 29.2 Å². The molecule has 0 spiro atoms. The molecule has 2 aromatic rings. The SMILES string of the molecule is O=C(CCCN1C(=O)c2ccccc2C1=O)NC1CCN(C(=O)c2ccc(F)cc2)CC1. The highest BCUT2D eigenvalue weighted by atomic mass is 19.1. The van der Waals surface area contributed by atoms with Crippen LogP contribution in [0.1, 0.15) is 56.8 Å². The van der Waals surface area contributed by atoms with Crippen molar-refractivity contribution in [2.75, 3.05) is 19.6 Å². The largest absolute Gasteiger partial charge is 0.353 e. The van der Waals surface area contributed by atoms with E-state index in [-0.39, 0.29) is 48.5 Å². The van der Waals surface area contributed by atoms with E-state index in [0.29, 0.717) is 49.0 Å². The molecule has 2 heterocycles. The molecule has 1 saturated heterocycles. The standard InChI is InChI=1S/C24H24FN3O4/c25-17-9-7-16(8-10-17)22(30)27-14-11-18(12-15-27)26-21(29)6-3-13-28-23(31)19-4-1-2-5-20(19)24(28)32/h1-2,4-5,7-10,18H,3,6,11-15H2,(H,26,29). The van der Waals surface area contributed by atoms with E-state index in [0.717, 1.165) is 0 Å². The molecule has 0 aromatic heterocycles. The summed E-state index contributed by atoms with van der Waals surface area (Å²) in [5.74, 6) is -1.29. The number of nitrogens with one attached hydrogen (secondary N) is 1. The minimum absolute atomic E-state index is 0.0286. The first-order chi connectivity index (χ1) is 15.4. The van der Waals surface area contributed by atoms with E-state index in [9.17, 15) is 23.6 Å². The number of rotatable bonds is 6. The molecule has 0 unspecified atom stereocenters. The number of imide groups is 1. The van der Waals surface area contributed by atoms with Crippen LogP contribution in [0.15, 0.2) is 48.5 Å². The van der Waals surface area contributed by atoms with Crippen molar-refractivity contribution in [2.24, 2.45) is 0 Å². The minimum atomic E-state index is -0.383. The number of piperidine rings is 1. The van der Waals surface area contributed by atoms with Gasteiger partial charge in [0, 0.05) is 37.7 Å². The van der Waals surface area contributed by atoms with Crippen LogP contribution >= 0.6 is 0 Å². The summed E-state index contributed by atoms with van der Waals surface area (Å²) in [6, 6.07) is 12.2. The number of benzene rings is 2. The summed E-state index contributed by atoms with van der Waals surface area (Å²) in [6.45, 7) is 1.22. The van der Waals surface area contributed by atoms with E-state index >= 15 is 0 Å². The Morgan fingerprint density at radius 1 is 0.938 bits per heavy atom. The van der Waals surface area contributed by atoms with Crippen molar-refractivity contribution in [2.45, 2.75) is 31.7 Å². The molecule has 1 fully saturated rings. The summed E-state index contributed by atoms with van der Waals surface area (Å²) in [7, 11) is 0. The van der Waals surface area contributed by atoms with Gasteiger partial charge in [-0.05, 0) is 55.7 Å². The van der Waals surface area contributed by atoms with E-state index in [2.05, 4.69) is 5.32 Å². The molecule has 8 heteroatoms. The highest BCUT2D eigenvalue weighted by molar-refractivity contribution is 6.21. The molecule has 0 bridgehead atoms. The second-order valence-corrected chi connectivity index (χ2v) is 8.05. The van der Waals surface area contributed by atoms with Crippen LogP contribution in [0.25, 0.3) is 0 Å². The number of hydrogen-bond donors (Lipinski definition) is 1. The van der Waals surface area contributed by atoms with Gasteiger partial charge in [-0.15, -0.1) is 0 Å². The molecular formula is C24H24FN3O4. The van der Waals surface area contributed by atoms with Crippen LogP contribution in [-0.4, -0.2) is 59.1 Å². The van der Waals surface area contributed by atoms with Crippen LogP contribution in [0.3, 0.4) is 0 Å². The molecular weight excluding hydrogens is 413 g/mol. The number of carbonyl (C=O) groups excluding carboxylic acids is 4. The second-order valence-electron chi connectivity index (χ2n) is 8.05. The van der Waals surface area contributed by atoms with Crippen molar-refractivity contribution in [3.05, 3.63) is 71.0 Å². The zero-order valence-electron chi connectivity index (χ0n) is 17.6. The van der Waals surface area contributed by atoms with Crippen molar-refractivity contribution in [1.82, 2.24) is 15.1 Å². The zero-order chi connectivity index (χ0) is 22.7. The normalized spacial score (nSPS) is 16.3. The smallest absolute Gasteiger partial charge is 0.261 e. The molecule has 32 heavy (non-hydrogen) atoms. The molecule has 2 aliphatic rings. The lowest BCUT2D eigenvalue weighted by Crippen LogP contribution is -2.46. The average molecular weight is 437 g/mol. The minimum Gasteiger partial charge on any atom is -0.353 e. The summed E-state index contributed by atoms with van der Waals surface area (Å²) in [6.07, 6.45) is 1.87. The van der Waals surface area contributed by atoms with Gasteiger partial charge < -0.3 is 10.2 Å². The van der Waals surface area contributed by atoms with E-state index in [1.54, 1.807) is 29.2 Å². The van der Waals surface area contributed by atoms with Crippen LogP contribution in [-0.2, 0) is 4.79 Å². The average Bonchev–Trinajstić information content (AvgIpc) is 3.05. The van der Waals surface area contributed by atoms with Crippen LogP contribution < -0.4 is 5.32 Å². The fourth-order valence-corrected chi connectivity index (χ4v) is 4.14. The molecule has 0 saturated carbocycles. The first-order valence-electron chi connectivity index (χ1n) is 10.7. The predicted molar refractivity (Wildman–Crippen MR) is 115 cm³/mol. The number of hydrogen-bond acceptors (Lipinski definition) is 4. The molecule has 4 rings (SSSR count). The predicted octanol–water partition coefficient (Wildman–Crippen LogP) is 2.62. The van der Waals surface area contributed by atoms with Gasteiger partial charge in [0.25, 0.3) is 17.7 Å². The zero-order valence-corrected chi connectivity index (χ0v) is 17.6. The third kappa shape index (κ3) is 4.54. The van der Waals surface area contributed by atoms with Gasteiger partial charge in [0.15, 0.2) is 0 Å². The fraction of sp³-hybridized carbons (Fsp3) is 0.333. The van der Waals surface area contributed by atoms with Crippen LogP contribution in [0.5, 0.6) is 0 Å². The number of amides is 4. The lowest BCUT2D eigenvalue weighted by Gasteiger charge is -2.32. The highest BCUT2D eigenvalue weighted by Crippen LogP contribution is 2.22. The first-order valence-corrected chi connectivity index (χ1v) is 10.7. The van der Waals surface area contributed by atoms with Crippen LogP contribution in [0.2, 0.25) is 0 Å². The van der Waals surface area contributed by atoms with Gasteiger partial charge in [0.1, 0.15) is 5.82 Å². The molecule has 1 N–H and O–H groups in total. The van der Waals surface area contributed by atoms with Crippen molar-refractivity contribution < 1.29 is 23.6 Å². The molecule has 0 atom stereocenters. The molecule has 7 nitrogen and oxygen atoms in total. The van der Waals surface area contributed by atoms with Crippen molar-refractivity contribution in [3.63, 3.8) is 0 Å². The lowest BCUT2D eigenvalue weighted by atomic mass is 10.0.